The Kier molecular flexibility index (Phi) is 31.7. The van der Waals surface area contributed by atoms with Gasteiger partial charge in [-0.25, -0.2) is 0 Å². The fraction of sp³-hybridized carbons (Fsp3) is 0.350. The summed E-state index contributed by atoms with van der Waals surface area (Å²) < 4.78 is 143. The minimum atomic E-state index is -5.26. The molecule has 8 aromatic rings. The highest BCUT2D eigenvalue weighted by molar-refractivity contribution is 7.08. The molecule has 0 N–H and O–H groups in total. The summed E-state index contributed by atoms with van der Waals surface area (Å²) in [4.78, 5) is 0. The van der Waals surface area contributed by atoms with Gasteiger partial charge in [0, 0.05) is 41.5 Å². The van der Waals surface area contributed by atoms with Crippen LogP contribution in [0.5, 0.6) is 0 Å². The molecule has 6 unspecified atom stereocenters. The van der Waals surface area contributed by atoms with Crippen molar-refractivity contribution in [2.24, 2.45) is 0 Å². The molecule has 0 saturated carbocycles. The van der Waals surface area contributed by atoms with Crippen LogP contribution >= 0.6 is 0 Å². The molecular weight excluding hydrogens is 1740 g/mol. The molecular formula is C80H130O17Si18. The Morgan fingerprint density at radius 3 is 0.339 bits per heavy atom. The Labute approximate surface area is 709 Å². The van der Waals surface area contributed by atoms with E-state index in [4.69, 9.17) is 70.0 Å². The van der Waals surface area contributed by atoms with E-state index < -0.39 is 154 Å². The van der Waals surface area contributed by atoms with Crippen LogP contribution in [-0.2, 0) is 70.0 Å². The van der Waals surface area contributed by atoms with E-state index in [2.05, 4.69) is 196 Å². The lowest BCUT2D eigenvalue weighted by atomic mass is 10.4. The maximum absolute atomic E-state index is 9.06. The molecule has 8 aromatic carbocycles. The average molecular weight is 1870 g/mol. The Balaban J connectivity index is 1.66. The van der Waals surface area contributed by atoms with E-state index >= 15 is 0 Å². The van der Waals surface area contributed by atoms with Crippen molar-refractivity contribution in [1.82, 2.24) is 0 Å². The summed E-state index contributed by atoms with van der Waals surface area (Å²) in [6.45, 7) is 69.2. The first kappa shape index (κ1) is 96.9. The van der Waals surface area contributed by atoms with Crippen LogP contribution in [0.1, 0.15) is 0 Å². The molecule has 0 aliphatic carbocycles. The molecule has 0 spiro atoms. The molecule has 624 valence electrons. The smallest absolute Gasteiger partial charge is 0.413 e. The molecule has 115 heavy (non-hydrogen) atoms. The number of hydrogen-bond acceptors (Lipinski definition) is 17. The molecule has 17 nitrogen and oxygen atoms in total. The largest absolute Gasteiger partial charge is 0.512 e. The summed E-state index contributed by atoms with van der Waals surface area (Å²) in [7, 11) is -69.6. The maximum Gasteiger partial charge on any atom is 0.512 e. The number of benzene rings is 8. The maximum atomic E-state index is 9.06. The lowest BCUT2D eigenvalue weighted by Gasteiger charge is -2.52. The molecule has 0 aliphatic rings. The van der Waals surface area contributed by atoms with Crippen LogP contribution in [0, 0.1) is 0 Å². The summed E-state index contributed by atoms with van der Waals surface area (Å²) >= 11 is 0. The van der Waals surface area contributed by atoms with Gasteiger partial charge in [-0.1, -0.05) is 254 Å². The van der Waals surface area contributed by atoms with Crippen LogP contribution in [0.2, 0.25) is 183 Å². The van der Waals surface area contributed by atoms with E-state index in [0.717, 1.165) is 10.4 Å². The number of rotatable bonds is 44. The first-order chi connectivity index (χ1) is 53.0. The summed E-state index contributed by atoms with van der Waals surface area (Å²) in [5, 5.41) is 4.94. The van der Waals surface area contributed by atoms with Crippen molar-refractivity contribution in [2.45, 2.75) is 183 Å². The predicted molar refractivity (Wildman–Crippen MR) is 515 cm³/mol. The molecule has 0 radical (unpaired) electrons. The SMILES string of the molecule is C=C[Si](C)(C)O[Si](O[Si](O[Si](C)(C)C)(O[Si](O[Si](C)(C)C)(O[Si](C)(C)C)c1ccccc1)c1ccccc1)(O[Si](O[Si](C)(C)C)(O[Si](O[Si](C)(C)C)(O[Si](O[Si](C)(C)C=C)(O[Si](O[Si](C)(C)C)(O[Si](O[Si](C)(C)C)(O[Si](C)(C)C)c1ccccc1)c1ccccc1)c1ccccc1)c1ccccc1)c1ccccc1)c1ccccc1. The molecule has 0 aliphatic heterocycles. The molecule has 6 atom stereocenters. The van der Waals surface area contributed by atoms with Gasteiger partial charge in [-0.2, -0.15) is 0 Å². The summed E-state index contributed by atoms with van der Waals surface area (Å²) in [5.74, 6) is 0. The third kappa shape index (κ3) is 27.7. The Hall–Kier alpha value is -3.54. The average Bonchev–Trinajstić information content (AvgIpc) is 0.718. The monoisotopic (exact) mass is 1870 g/mol. The van der Waals surface area contributed by atoms with Crippen molar-refractivity contribution in [2.75, 3.05) is 0 Å². The zero-order chi connectivity index (χ0) is 85.3. The lowest BCUT2D eigenvalue weighted by Crippen LogP contribution is -2.83. The number of hydrogen-bond donors (Lipinski definition) is 0. The van der Waals surface area contributed by atoms with E-state index in [0.29, 0.717) is 31.1 Å². The van der Waals surface area contributed by atoms with Crippen LogP contribution < -0.4 is 41.5 Å². The predicted octanol–water partition coefficient (Wildman–Crippen LogP) is 16.6. The van der Waals surface area contributed by atoms with Gasteiger partial charge >= 0.3 is 70.4 Å². The highest BCUT2D eigenvalue weighted by Crippen LogP contribution is 2.41. The highest BCUT2D eigenvalue weighted by Gasteiger charge is 2.74. The second kappa shape index (κ2) is 37.7. The molecule has 35 heteroatoms. The zero-order valence-electron chi connectivity index (χ0n) is 73.6. The fourth-order valence-electron chi connectivity index (χ4n) is 12.3. The minimum Gasteiger partial charge on any atom is -0.413 e. The van der Waals surface area contributed by atoms with Gasteiger partial charge in [-0.3, -0.25) is 0 Å². The topological polar surface area (TPSA) is 157 Å². The lowest BCUT2D eigenvalue weighted by molar-refractivity contribution is 0.122. The quantitative estimate of drug-likeness (QED) is 0.0332. The van der Waals surface area contributed by atoms with Crippen LogP contribution in [0.25, 0.3) is 0 Å². The summed E-state index contributed by atoms with van der Waals surface area (Å²) in [6, 6.07) is 80.0. The van der Waals surface area contributed by atoms with Gasteiger partial charge in [-0.05, 0) is 183 Å². The van der Waals surface area contributed by atoms with Crippen LogP contribution in [-0.4, -0.2) is 154 Å². The van der Waals surface area contributed by atoms with Gasteiger partial charge in [0.05, 0.1) is 0 Å². The van der Waals surface area contributed by atoms with Crippen LogP contribution in [0.15, 0.2) is 267 Å². The van der Waals surface area contributed by atoms with Gasteiger partial charge in [0.15, 0.2) is 66.5 Å². The van der Waals surface area contributed by atoms with Crippen LogP contribution in [0.4, 0.5) is 0 Å². The van der Waals surface area contributed by atoms with Crippen molar-refractivity contribution in [1.29, 1.82) is 0 Å². The van der Waals surface area contributed by atoms with Crippen molar-refractivity contribution in [3.8, 4) is 0 Å². The van der Waals surface area contributed by atoms with Gasteiger partial charge in [0.1, 0.15) is 0 Å². The van der Waals surface area contributed by atoms with E-state index in [-0.39, 0.29) is 0 Å². The molecule has 0 aromatic heterocycles. The van der Waals surface area contributed by atoms with Gasteiger partial charge in [0.25, 0.3) is 0 Å². The molecule has 0 fully saturated rings. The van der Waals surface area contributed by atoms with Crippen molar-refractivity contribution < 1.29 is 70.0 Å². The fourth-order valence-corrected chi connectivity index (χ4v) is 83.3. The van der Waals surface area contributed by atoms with Crippen molar-refractivity contribution in [3.63, 3.8) is 0 Å². The van der Waals surface area contributed by atoms with E-state index in [1.807, 2.05) is 254 Å². The Morgan fingerprint density at radius 2 is 0.243 bits per heavy atom. The normalized spacial score (nSPS) is 16.7. The standard InChI is InChI=1S/C80H130O17Si18/c1-31-106(27,28)89-114(79-69-53-39-54-70-79,94-110(85-102(15,16)17,75-61-45-35-46-62-75)91-108(81-98(3,4)5,82-99(6,7)8)73-57-41-33-42-58-73)96-112(87-104(21,22)23,77-65-49-37-50-66-77)93-113(88-105(24,25)26,78-67-51-38-52-68-78)97-115(90-107(29,30)32-2,80-71-55-40-56-72-80)95-111(86-103(18,19)20,76-63-47-36-48-64-76)92-109(83-100(9,10)11,84-101(12,13)14)74-59-43-34-44-60-74/h31-72H,1-2H2,3-30H3. The third-order valence-corrected chi connectivity index (χ3v) is 76.1. The van der Waals surface area contributed by atoms with Crippen molar-refractivity contribution >= 4 is 195 Å². The van der Waals surface area contributed by atoms with Gasteiger partial charge in [0.2, 0.25) is 16.6 Å². The molecule has 0 amide bonds. The molecule has 0 saturated heterocycles. The summed E-state index contributed by atoms with van der Waals surface area (Å²) in [6.07, 6.45) is 0. The molecule has 8 rings (SSSR count). The van der Waals surface area contributed by atoms with Gasteiger partial charge in [-0.15, -0.1) is 13.2 Å². The Bertz CT molecular complexity index is 4080. The van der Waals surface area contributed by atoms with E-state index in [9.17, 15) is 0 Å². The van der Waals surface area contributed by atoms with E-state index in [1.54, 1.807) is 0 Å². The first-order valence-corrected chi connectivity index (χ1v) is 86.7. The van der Waals surface area contributed by atoms with Crippen LogP contribution in [0.3, 0.4) is 0 Å². The molecule has 0 heterocycles. The van der Waals surface area contributed by atoms with E-state index in [1.165, 1.54) is 0 Å². The first-order valence-electron chi connectivity index (χ1n) is 39.6. The second-order valence-electron chi connectivity index (χ2n) is 37.6. The summed E-state index contributed by atoms with van der Waals surface area (Å²) in [5.41, 5.74) is 3.81. The second-order valence-corrected chi connectivity index (χ2v) is 106. The van der Waals surface area contributed by atoms with Gasteiger partial charge < -0.3 is 70.0 Å². The zero-order valence-corrected chi connectivity index (χ0v) is 91.6. The highest BCUT2D eigenvalue weighted by atomic mass is 28.6. The van der Waals surface area contributed by atoms with Crippen molar-refractivity contribution in [3.05, 3.63) is 267 Å². The minimum absolute atomic E-state index is 0.542. The third-order valence-electron chi connectivity index (χ3n) is 16.2. The Morgan fingerprint density at radius 1 is 0.148 bits per heavy atom. The molecule has 0 bridgehead atoms.